The maximum absolute atomic E-state index is 12.2. The van der Waals surface area contributed by atoms with Crippen LogP contribution in [0.5, 0.6) is 0 Å². The smallest absolute Gasteiger partial charge is 0.325 e. The van der Waals surface area contributed by atoms with Gasteiger partial charge in [-0.2, -0.15) is 0 Å². The minimum Gasteiger partial charge on any atom is -0.480 e. The van der Waals surface area contributed by atoms with E-state index >= 15 is 0 Å². The van der Waals surface area contributed by atoms with Gasteiger partial charge in [-0.1, -0.05) is 35.5 Å². The lowest BCUT2D eigenvalue weighted by Crippen LogP contribution is -2.49. The zero-order valence-electron chi connectivity index (χ0n) is 15.5. The van der Waals surface area contributed by atoms with Crippen molar-refractivity contribution in [1.29, 1.82) is 0 Å². The number of carbonyl (C=O) groups is 1. The lowest BCUT2D eigenvalue weighted by atomic mass is 9.98. The third-order valence-electron chi connectivity index (χ3n) is 5.02. The van der Waals surface area contributed by atoms with Crippen LogP contribution in [0.15, 0.2) is 53.4 Å². The molecule has 1 fully saturated rings. The molecule has 0 unspecified atom stereocenters. The summed E-state index contributed by atoms with van der Waals surface area (Å²) in [5.41, 5.74) is 2.05. The third kappa shape index (κ3) is 3.46. The maximum atomic E-state index is 12.2. The summed E-state index contributed by atoms with van der Waals surface area (Å²) < 4.78 is 5.39. The molecule has 4 rings (SSSR count). The van der Waals surface area contributed by atoms with Crippen LogP contribution in [-0.2, 0) is 4.79 Å². The largest absolute Gasteiger partial charge is 0.480 e. The molecule has 8 heteroatoms. The summed E-state index contributed by atoms with van der Waals surface area (Å²) in [5.74, 6) is 0.430. The second-order valence-corrected chi connectivity index (χ2v) is 6.69. The molecule has 1 N–H and O–H groups in total. The van der Waals surface area contributed by atoms with Crippen LogP contribution in [0.4, 0.5) is 5.82 Å². The van der Waals surface area contributed by atoms with Gasteiger partial charge in [-0.15, -0.1) is 0 Å². The molecule has 144 valence electrons. The monoisotopic (exact) mass is 379 g/mol. The summed E-state index contributed by atoms with van der Waals surface area (Å²) in [6.07, 6.45) is 5.02. The number of hydrogen-bond acceptors (Lipinski definition) is 7. The molecule has 0 saturated carbocycles. The van der Waals surface area contributed by atoms with Crippen molar-refractivity contribution in [3.05, 3.63) is 60.2 Å². The average Bonchev–Trinajstić information content (AvgIpc) is 3.11. The fraction of sp³-hybridized carbons (Fsp3) is 0.300. The van der Waals surface area contributed by atoms with E-state index in [0.717, 1.165) is 11.4 Å². The normalized spacial score (nSPS) is 16.1. The van der Waals surface area contributed by atoms with Gasteiger partial charge in [0.1, 0.15) is 23.3 Å². The number of aryl methyl sites for hydroxylation is 1. The van der Waals surface area contributed by atoms with Crippen LogP contribution in [0.25, 0.3) is 11.3 Å². The molecule has 1 saturated heterocycles. The van der Waals surface area contributed by atoms with Crippen LogP contribution in [0.2, 0.25) is 0 Å². The Morgan fingerprint density at radius 2 is 1.89 bits per heavy atom. The Kier molecular flexibility index (Phi) is 5.03. The molecule has 1 aliphatic heterocycles. The van der Waals surface area contributed by atoms with Gasteiger partial charge in [0.2, 0.25) is 0 Å². The summed E-state index contributed by atoms with van der Waals surface area (Å²) in [7, 11) is 0. The lowest BCUT2D eigenvalue weighted by Gasteiger charge is -2.38. The van der Waals surface area contributed by atoms with E-state index in [1.165, 1.54) is 0 Å². The molecule has 3 heterocycles. The van der Waals surface area contributed by atoms with Gasteiger partial charge in [-0.05, 0) is 6.92 Å². The van der Waals surface area contributed by atoms with E-state index in [-0.39, 0.29) is 0 Å². The molecule has 0 radical (unpaired) electrons. The van der Waals surface area contributed by atoms with Crippen molar-refractivity contribution in [3.63, 3.8) is 0 Å². The van der Waals surface area contributed by atoms with E-state index in [2.05, 4.69) is 20.0 Å². The molecule has 8 nitrogen and oxygen atoms in total. The van der Waals surface area contributed by atoms with Crippen molar-refractivity contribution in [2.24, 2.45) is 0 Å². The molecule has 1 atom stereocenters. The zero-order valence-corrected chi connectivity index (χ0v) is 15.5. The molecule has 1 aliphatic rings. The maximum Gasteiger partial charge on any atom is 0.325 e. The number of benzene rings is 1. The van der Waals surface area contributed by atoms with Crippen LogP contribution in [0.3, 0.4) is 0 Å². The Morgan fingerprint density at radius 3 is 2.54 bits per heavy atom. The standard InChI is InChI=1S/C20H21N5O3/c1-14-17(18(23-28-14)15-5-3-2-4-6-15)19(20(26)27)25-11-9-24(10-12-25)16-13-21-7-8-22-16/h2-8,13,19H,9-12H2,1H3,(H,26,27)/t19-/m1/s1. The van der Waals surface area contributed by atoms with Crippen LogP contribution in [-0.4, -0.2) is 57.3 Å². The molecule has 0 aliphatic carbocycles. The number of carboxylic acid groups (broad SMARTS) is 1. The number of anilines is 1. The second-order valence-electron chi connectivity index (χ2n) is 6.69. The summed E-state index contributed by atoms with van der Waals surface area (Å²) >= 11 is 0. The molecule has 3 aromatic rings. The number of rotatable bonds is 5. The first-order valence-electron chi connectivity index (χ1n) is 9.14. The lowest BCUT2D eigenvalue weighted by molar-refractivity contribution is -0.143. The van der Waals surface area contributed by atoms with Gasteiger partial charge in [-0.25, -0.2) is 4.98 Å². The van der Waals surface area contributed by atoms with E-state index < -0.39 is 12.0 Å². The highest BCUT2D eigenvalue weighted by atomic mass is 16.5. The van der Waals surface area contributed by atoms with Gasteiger partial charge < -0.3 is 14.5 Å². The highest BCUT2D eigenvalue weighted by molar-refractivity contribution is 5.80. The molecule has 0 amide bonds. The minimum absolute atomic E-state index is 0.530. The van der Waals surface area contributed by atoms with Gasteiger partial charge in [0.25, 0.3) is 0 Å². The summed E-state index contributed by atoms with van der Waals surface area (Å²) in [4.78, 5) is 24.7. The first kappa shape index (κ1) is 18.1. The van der Waals surface area contributed by atoms with E-state index in [0.29, 0.717) is 43.2 Å². The van der Waals surface area contributed by atoms with Crippen molar-refractivity contribution in [2.75, 3.05) is 31.1 Å². The van der Waals surface area contributed by atoms with Crippen molar-refractivity contribution in [2.45, 2.75) is 13.0 Å². The minimum atomic E-state index is -0.906. The van der Waals surface area contributed by atoms with Crippen molar-refractivity contribution < 1.29 is 14.4 Å². The van der Waals surface area contributed by atoms with E-state index in [1.807, 2.05) is 35.2 Å². The third-order valence-corrected chi connectivity index (χ3v) is 5.02. The fourth-order valence-electron chi connectivity index (χ4n) is 3.63. The second kappa shape index (κ2) is 7.77. The molecule has 1 aromatic carbocycles. The molecule has 28 heavy (non-hydrogen) atoms. The number of aromatic nitrogens is 3. The highest BCUT2D eigenvalue weighted by Crippen LogP contribution is 2.34. The first-order chi connectivity index (χ1) is 13.6. The quantitative estimate of drug-likeness (QED) is 0.722. The molecule has 2 aromatic heterocycles. The first-order valence-corrected chi connectivity index (χ1v) is 9.14. The predicted molar refractivity (Wildman–Crippen MR) is 103 cm³/mol. The molecular weight excluding hydrogens is 358 g/mol. The van der Waals surface area contributed by atoms with Crippen LogP contribution in [0, 0.1) is 6.92 Å². The Morgan fingerprint density at radius 1 is 1.14 bits per heavy atom. The van der Waals surface area contributed by atoms with Crippen LogP contribution >= 0.6 is 0 Å². The Bertz CT molecular complexity index is 937. The van der Waals surface area contributed by atoms with Gasteiger partial charge in [0, 0.05) is 44.1 Å². The van der Waals surface area contributed by atoms with E-state index in [4.69, 9.17) is 4.52 Å². The van der Waals surface area contributed by atoms with Crippen molar-refractivity contribution in [3.8, 4) is 11.3 Å². The molecule has 0 bridgehead atoms. The van der Waals surface area contributed by atoms with E-state index in [9.17, 15) is 9.90 Å². The summed E-state index contributed by atoms with van der Waals surface area (Å²) in [5, 5.41) is 14.2. The van der Waals surface area contributed by atoms with Gasteiger partial charge in [0.15, 0.2) is 0 Å². The fourth-order valence-corrected chi connectivity index (χ4v) is 3.63. The van der Waals surface area contributed by atoms with Gasteiger partial charge >= 0.3 is 5.97 Å². The topological polar surface area (TPSA) is 95.6 Å². The predicted octanol–water partition coefficient (Wildman–Crippen LogP) is 2.39. The van der Waals surface area contributed by atoms with Gasteiger partial charge in [0.05, 0.1) is 11.8 Å². The van der Waals surface area contributed by atoms with E-state index in [1.54, 1.807) is 25.5 Å². The highest BCUT2D eigenvalue weighted by Gasteiger charge is 2.36. The Hall–Kier alpha value is -3.26. The summed E-state index contributed by atoms with van der Waals surface area (Å²) in [6.45, 7) is 4.29. The summed E-state index contributed by atoms with van der Waals surface area (Å²) in [6, 6.07) is 8.72. The van der Waals surface area contributed by atoms with Crippen LogP contribution in [0.1, 0.15) is 17.4 Å². The van der Waals surface area contributed by atoms with Gasteiger partial charge in [-0.3, -0.25) is 14.7 Å². The SMILES string of the molecule is Cc1onc(-c2ccccc2)c1[C@H](C(=O)O)N1CCN(c2cnccn2)CC1. The Balaban J connectivity index is 1.60. The average molecular weight is 379 g/mol. The molecule has 0 spiro atoms. The van der Waals surface area contributed by atoms with Crippen LogP contribution < -0.4 is 4.90 Å². The van der Waals surface area contributed by atoms with Crippen molar-refractivity contribution >= 4 is 11.8 Å². The number of hydrogen-bond donors (Lipinski definition) is 1. The van der Waals surface area contributed by atoms with Crippen molar-refractivity contribution in [1.82, 2.24) is 20.0 Å². The number of piperazine rings is 1. The number of carboxylic acids is 1. The molecular formula is C20H21N5O3. The Labute approximate surface area is 162 Å². The zero-order chi connectivity index (χ0) is 19.5. The number of aliphatic carboxylic acids is 1. The number of nitrogens with zero attached hydrogens (tertiary/aromatic N) is 5.